The van der Waals surface area contributed by atoms with Crippen LogP contribution in [-0.2, 0) is 35.3 Å². The summed E-state index contributed by atoms with van der Waals surface area (Å²) in [4.78, 5) is 28.3. The summed E-state index contributed by atoms with van der Waals surface area (Å²) in [7, 11) is -4.37. The minimum atomic E-state index is -4.70. The Hall–Kier alpha value is -4.67. The third-order valence-electron chi connectivity index (χ3n) is 6.85. The number of carbonyl (C=O) groups is 2. The van der Waals surface area contributed by atoms with E-state index in [1.807, 2.05) is 11.6 Å². The number of nitrogens with one attached hydrogen (secondary N) is 1. The molecule has 1 aromatic heterocycles. The highest BCUT2D eigenvalue weighted by Gasteiger charge is 2.35. The van der Waals surface area contributed by atoms with Crippen molar-refractivity contribution in [2.75, 3.05) is 26.5 Å². The van der Waals surface area contributed by atoms with Crippen LogP contribution in [0.3, 0.4) is 0 Å². The molecular formula is C29H33F3N6O7S. The molecule has 1 aliphatic rings. The highest BCUT2D eigenvalue weighted by Crippen LogP contribution is 2.33. The van der Waals surface area contributed by atoms with E-state index in [1.54, 1.807) is 43.1 Å². The van der Waals surface area contributed by atoms with Crippen molar-refractivity contribution < 1.29 is 45.5 Å². The molecule has 0 bridgehead atoms. The Morgan fingerprint density at radius 3 is 2.43 bits per heavy atom. The van der Waals surface area contributed by atoms with E-state index in [0.717, 1.165) is 28.4 Å². The van der Waals surface area contributed by atoms with E-state index in [1.165, 1.54) is 12.1 Å². The highest BCUT2D eigenvalue weighted by atomic mass is 32.2. The second-order valence-corrected chi connectivity index (χ2v) is 12.5. The van der Waals surface area contributed by atoms with Crippen molar-refractivity contribution in [1.29, 1.82) is 0 Å². The number of amides is 1. The lowest BCUT2D eigenvalue weighted by Gasteiger charge is -2.28. The van der Waals surface area contributed by atoms with Gasteiger partial charge in [0.1, 0.15) is 0 Å². The van der Waals surface area contributed by atoms with Gasteiger partial charge in [0.15, 0.2) is 5.69 Å². The highest BCUT2D eigenvalue weighted by molar-refractivity contribution is 7.90. The molecule has 0 spiro atoms. The number of esters is 1. The maximum atomic E-state index is 13.5. The van der Waals surface area contributed by atoms with E-state index in [-0.39, 0.29) is 41.5 Å². The zero-order valence-corrected chi connectivity index (χ0v) is 26.0. The van der Waals surface area contributed by atoms with Crippen LogP contribution < -0.4 is 4.72 Å². The summed E-state index contributed by atoms with van der Waals surface area (Å²) in [5.74, 6) is -0.912. The van der Waals surface area contributed by atoms with Gasteiger partial charge in [-0.15, -0.1) is 0 Å². The van der Waals surface area contributed by atoms with Gasteiger partial charge >= 0.3 is 18.2 Å². The standard InChI is InChI=1S/C29H33F3N6O7S/c1-19(2)27(39)44-18-45-36-35-37-14-4-5-21(16-37)17-43-28(40)34-46(41,42)24-12-10-23(11-13-24)38-25(15-26(33-38)29(30,31)32)22-8-6-20(3)7-9-22/h6-13,15,19,21H,4-5,14,16-18H2,1-3H3,(H,34,40)/b36-35-. The average molecular weight is 667 g/mol. The minimum Gasteiger partial charge on any atom is -0.448 e. The summed E-state index contributed by atoms with van der Waals surface area (Å²) < 4.78 is 79.1. The number of benzene rings is 2. The largest absolute Gasteiger partial charge is 0.448 e. The summed E-state index contributed by atoms with van der Waals surface area (Å²) in [6.07, 6.45) is -4.50. The quantitative estimate of drug-likeness (QED) is 0.0925. The monoisotopic (exact) mass is 666 g/mol. The maximum Gasteiger partial charge on any atom is 0.435 e. The second kappa shape index (κ2) is 14.6. The Labute approximate surface area is 263 Å². The van der Waals surface area contributed by atoms with Gasteiger partial charge in [-0.05, 0) is 55.3 Å². The molecule has 4 rings (SSSR count). The zero-order valence-electron chi connectivity index (χ0n) is 25.2. The number of hydrogen-bond donors (Lipinski definition) is 1. The molecule has 17 heteroatoms. The number of rotatable bonds is 11. The van der Waals surface area contributed by atoms with Crippen LogP contribution in [0.15, 0.2) is 70.0 Å². The number of hydrogen-bond acceptors (Lipinski definition) is 10. The summed E-state index contributed by atoms with van der Waals surface area (Å²) in [5, 5.41) is 12.7. The molecule has 0 aliphatic carbocycles. The van der Waals surface area contributed by atoms with Crippen LogP contribution in [0.25, 0.3) is 16.9 Å². The van der Waals surface area contributed by atoms with Crippen molar-refractivity contribution in [2.24, 2.45) is 22.3 Å². The first kappa shape index (κ1) is 34.2. The van der Waals surface area contributed by atoms with E-state index in [0.29, 0.717) is 31.5 Å². The molecule has 1 amide bonds. The molecule has 1 unspecified atom stereocenters. The molecule has 0 saturated carbocycles. The summed E-state index contributed by atoms with van der Waals surface area (Å²) in [6.45, 7) is 5.65. The first-order chi connectivity index (χ1) is 21.7. The van der Waals surface area contributed by atoms with E-state index < -0.39 is 34.0 Å². The van der Waals surface area contributed by atoms with Crippen molar-refractivity contribution in [2.45, 2.75) is 44.7 Å². The first-order valence-corrected chi connectivity index (χ1v) is 15.7. The van der Waals surface area contributed by atoms with E-state index in [4.69, 9.17) is 14.3 Å². The fourth-order valence-electron chi connectivity index (χ4n) is 4.42. The summed E-state index contributed by atoms with van der Waals surface area (Å²) in [6, 6.07) is 12.6. The van der Waals surface area contributed by atoms with Gasteiger partial charge in [0, 0.05) is 29.8 Å². The van der Waals surface area contributed by atoms with E-state index in [9.17, 15) is 31.2 Å². The Bertz CT molecular complexity index is 1640. The van der Waals surface area contributed by atoms with Gasteiger partial charge in [0.05, 0.1) is 28.8 Å². The second-order valence-electron chi connectivity index (χ2n) is 10.8. The number of carbonyl (C=O) groups excluding carboxylic acids is 2. The van der Waals surface area contributed by atoms with Gasteiger partial charge in [-0.1, -0.05) is 43.7 Å². The van der Waals surface area contributed by atoms with Gasteiger partial charge in [0.25, 0.3) is 16.8 Å². The molecule has 3 aromatic rings. The minimum absolute atomic E-state index is 0.0954. The maximum absolute atomic E-state index is 13.5. The van der Waals surface area contributed by atoms with Gasteiger partial charge in [-0.2, -0.15) is 18.3 Å². The number of sulfonamides is 1. The SMILES string of the molecule is Cc1ccc(-c2cc(C(F)(F)F)nn2-c2ccc(S(=O)(=O)NC(=O)OCC3CCCN(/N=N\OCOC(=O)C(C)C)C3)cc2)cc1. The Morgan fingerprint density at radius 2 is 1.78 bits per heavy atom. The first-order valence-electron chi connectivity index (χ1n) is 14.2. The predicted octanol–water partition coefficient (Wildman–Crippen LogP) is 5.45. The predicted molar refractivity (Wildman–Crippen MR) is 156 cm³/mol. The Kier molecular flexibility index (Phi) is 10.9. The molecule has 248 valence electrons. The topological polar surface area (TPSA) is 154 Å². The molecule has 1 atom stereocenters. The molecule has 2 heterocycles. The van der Waals surface area contributed by atoms with Crippen molar-refractivity contribution in [3.63, 3.8) is 0 Å². The lowest BCUT2D eigenvalue weighted by molar-refractivity contribution is -0.161. The molecule has 1 saturated heterocycles. The normalized spacial score (nSPS) is 15.6. The van der Waals surface area contributed by atoms with Crippen LogP contribution >= 0.6 is 0 Å². The molecule has 13 nitrogen and oxygen atoms in total. The van der Waals surface area contributed by atoms with E-state index >= 15 is 0 Å². The molecule has 1 fully saturated rings. The summed E-state index contributed by atoms with van der Waals surface area (Å²) in [5.41, 5.74) is 0.631. The van der Waals surface area contributed by atoms with Crippen molar-refractivity contribution in [1.82, 2.24) is 19.5 Å². The number of aryl methyl sites for hydroxylation is 1. The van der Waals surface area contributed by atoms with Gasteiger partial charge in [-0.25, -0.2) is 22.6 Å². The number of halogens is 3. The number of ether oxygens (including phenoxy) is 2. The van der Waals surface area contributed by atoms with Crippen molar-refractivity contribution in [3.05, 3.63) is 65.9 Å². The smallest absolute Gasteiger partial charge is 0.435 e. The molecule has 2 aromatic carbocycles. The van der Waals surface area contributed by atoms with Crippen LogP contribution in [0.2, 0.25) is 0 Å². The van der Waals surface area contributed by atoms with Crippen molar-refractivity contribution >= 4 is 22.1 Å². The third-order valence-corrected chi connectivity index (χ3v) is 8.18. The zero-order chi connectivity index (χ0) is 33.5. The number of piperidine rings is 1. The van der Waals surface area contributed by atoms with Gasteiger partial charge < -0.3 is 14.3 Å². The van der Waals surface area contributed by atoms with Crippen LogP contribution in [0.5, 0.6) is 0 Å². The van der Waals surface area contributed by atoms with Crippen LogP contribution in [0.1, 0.15) is 37.9 Å². The van der Waals surface area contributed by atoms with Gasteiger partial charge in [-0.3, -0.25) is 9.80 Å². The fourth-order valence-corrected chi connectivity index (χ4v) is 5.31. The van der Waals surface area contributed by atoms with Gasteiger partial charge in [0.2, 0.25) is 0 Å². The molecular weight excluding hydrogens is 633 g/mol. The number of aromatic nitrogens is 2. The molecule has 46 heavy (non-hydrogen) atoms. The van der Waals surface area contributed by atoms with Crippen LogP contribution in [0.4, 0.5) is 18.0 Å². The van der Waals surface area contributed by atoms with Crippen molar-refractivity contribution in [3.8, 4) is 16.9 Å². The average Bonchev–Trinajstić information content (AvgIpc) is 3.47. The number of alkyl halides is 3. The lowest BCUT2D eigenvalue weighted by Crippen LogP contribution is -2.36. The molecule has 1 aliphatic heterocycles. The Balaban J connectivity index is 1.34. The summed E-state index contributed by atoms with van der Waals surface area (Å²) >= 11 is 0. The van der Waals surface area contributed by atoms with Crippen LogP contribution in [0, 0.1) is 18.8 Å². The molecule has 1 N–H and O–H groups in total. The van der Waals surface area contributed by atoms with E-state index in [2.05, 4.69) is 15.6 Å². The third kappa shape index (κ3) is 9.18. The Morgan fingerprint density at radius 1 is 1.09 bits per heavy atom. The van der Waals surface area contributed by atoms with Crippen LogP contribution in [-0.4, -0.2) is 61.8 Å². The lowest BCUT2D eigenvalue weighted by atomic mass is 10.0. The molecule has 0 radical (unpaired) electrons. The fraction of sp³-hybridized carbons (Fsp3) is 0.414. The number of nitrogens with zero attached hydrogens (tertiary/aromatic N) is 5.